The van der Waals surface area contributed by atoms with Crippen molar-refractivity contribution in [1.82, 2.24) is 0 Å². The lowest BCUT2D eigenvalue weighted by Crippen LogP contribution is -2.30. The first-order chi connectivity index (χ1) is 9.42. The van der Waals surface area contributed by atoms with E-state index in [1.54, 1.807) is 0 Å². The van der Waals surface area contributed by atoms with E-state index in [0.29, 0.717) is 12.1 Å². The van der Waals surface area contributed by atoms with Crippen LogP contribution in [0.1, 0.15) is 10.4 Å². The Morgan fingerprint density at radius 2 is 1.85 bits per heavy atom. The maximum atomic E-state index is 13.6. The number of nitro groups is 1. The molecular formula is C11H13FN2O6. The van der Waals surface area contributed by atoms with Gasteiger partial charge in [0.2, 0.25) is 0 Å². The summed E-state index contributed by atoms with van der Waals surface area (Å²) in [7, 11) is 0. The van der Waals surface area contributed by atoms with Gasteiger partial charge in [-0.2, -0.15) is 0 Å². The Balaban J connectivity index is 3.39. The highest BCUT2D eigenvalue weighted by molar-refractivity contribution is 5.90. The van der Waals surface area contributed by atoms with E-state index in [1.165, 1.54) is 4.90 Å². The van der Waals surface area contributed by atoms with Crippen molar-refractivity contribution < 1.29 is 29.4 Å². The summed E-state index contributed by atoms with van der Waals surface area (Å²) in [6.07, 6.45) is 0. The van der Waals surface area contributed by atoms with E-state index in [9.17, 15) is 19.3 Å². The number of aromatic carboxylic acids is 1. The summed E-state index contributed by atoms with van der Waals surface area (Å²) >= 11 is 0. The van der Waals surface area contributed by atoms with Crippen molar-refractivity contribution in [3.63, 3.8) is 0 Å². The first-order valence-corrected chi connectivity index (χ1v) is 5.60. The van der Waals surface area contributed by atoms with Crippen molar-refractivity contribution >= 4 is 17.3 Å². The van der Waals surface area contributed by atoms with Crippen LogP contribution in [-0.2, 0) is 0 Å². The van der Waals surface area contributed by atoms with E-state index in [-0.39, 0.29) is 32.0 Å². The molecule has 3 N–H and O–H groups in total. The molecule has 0 saturated carbocycles. The van der Waals surface area contributed by atoms with Gasteiger partial charge in [0.15, 0.2) is 0 Å². The molecule has 0 bridgehead atoms. The average Bonchev–Trinajstić information content (AvgIpc) is 2.37. The number of carboxylic acid groups (broad SMARTS) is 1. The molecule has 9 heteroatoms. The molecule has 0 unspecified atom stereocenters. The van der Waals surface area contributed by atoms with Gasteiger partial charge in [0, 0.05) is 25.2 Å². The van der Waals surface area contributed by atoms with Gasteiger partial charge in [0.25, 0.3) is 5.69 Å². The summed E-state index contributed by atoms with van der Waals surface area (Å²) in [5.74, 6) is -2.74. The summed E-state index contributed by atoms with van der Waals surface area (Å²) in [4.78, 5) is 22.1. The molecule has 0 aliphatic heterocycles. The molecular weight excluding hydrogens is 275 g/mol. The highest BCUT2D eigenvalue weighted by atomic mass is 19.1. The lowest BCUT2D eigenvalue weighted by atomic mass is 10.1. The van der Waals surface area contributed by atoms with E-state index < -0.39 is 28.0 Å². The Morgan fingerprint density at radius 1 is 1.30 bits per heavy atom. The van der Waals surface area contributed by atoms with Gasteiger partial charge in [0.05, 0.1) is 18.1 Å². The zero-order valence-electron chi connectivity index (χ0n) is 10.3. The van der Waals surface area contributed by atoms with Gasteiger partial charge >= 0.3 is 5.97 Å². The van der Waals surface area contributed by atoms with Crippen molar-refractivity contribution in [3.8, 4) is 0 Å². The number of nitro benzene ring substituents is 1. The van der Waals surface area contributed by atoms with Crippen LogP contribution in [0.5, 0.6) is 0 Å². The van der Waals surface area contributed by atoms with Crippen LogP contribution in [0.25, 0.3) is 0 Å². The van der Waals surface area contributed by atoms with Crippen LogP contribution < -0.4 is 4.90 Å². The normalized spacial score (nSPS) is 10.3. The average molecular weight is 288 g/mol. The summed E-state index contributed by atoms with van der Waals surface area (Å²) in [5, 5.41) is 37.5. The van der Waals surface area contributed by atoms with E-state index in [0.717, 1.165) is 0 Å². The molecule has 20 heavy (non-hydrogen) atoms. The Labute approximate surface area is 112 Å². The molecule has 1 aromatic rings. The van der Waals surface area contributed by atoms with Crippen molar-refractivity contribution in [2.75, 3.05) is 31.2 Å². The highest BCUT2D eigenvalue weighted by Gasteiger charge is 2.25. The second kappa shape index (κ2) is 6.78. The van der Waals surface area contributed by atoms with Gasteiger partial charge in [-0.15, -0.1) is 0 Å². The Morgan fingerprint density at radius 3 is 2.25 bits per heavy atom. The minimum atomic E-state index is -1.62. The number of benzene rings is 1. The molecule has 1 aromatic carbocycles. The van der Waals surface area contributed by atoms with Crippen molar-refractivity contribution in [2.24, 2.45) is 0 Å². The van der Waals surface area contributed by atoms with E-state index in [2.05, 4.69) is 0 Å². The lowest BCUT2D eigenvalue weighted by molar-refractivity contribution is -0.384. The number of hydrogen-bond donors (Lipinski definition) is 3. The first kappa shape index (κ1) is 15.8. The van der Waals surface area contributed by atoms with Crippen LogP contribution in [0.3, 0.4) is 0 Å². The highest BCUT2D eigenvalue weighted by Crippen LogP contribution is 2.31. The number of halogens is 1. The molecule has 0 aromatic heterocycles. The first-order valence-electron chi connectivity index (χ1n) is 5.60. The Kier molecular flexibility index (Phi) is 5.35. The smallest absolute Gasteiger partial charge is 0.338 e. The molecule has 0 atom stereocenters. The summed E-state index contributed by atoms with van der Waals surface area (Å²) < 4.78 is 13.6. The van der Waals surface area contributed by atoms with Crippen molar-refractivity contribution in [1.29, 1.82) is 0 Å². The van der Waals surface area contributed by atoms with E-state index >= 15 is 0 Å². The monoisotopic (exact) mass is 288 g/mol. The lowest BCUT2D eigenvalue weighted by Gasteiger charge is -2.22. The molecule has 0 radical (unpaired) electrons. The van der Waals surface area contributed by atoms with Crippen LogP contribution in [0.15, 0.2) is 12.1 Å². The molecule has 110 valence electrons. The number of anilines is 1. The maximum Gasteiger partial charge on any atom is 0.338 e. The number of aliphatic hydroxyl groups is 2. The van der Waals surface area contributed by atoms with Crippen LogP contribution in [-0.4, -0.2) is 52.5 Å². The second-order valence-corrected chi connectivity index (χ2v) is 3.82. The topological polar surface area (TPSA) is 124 Å². The zero-order valence-corrected chi connectivity index (χ0v) is 10.3. The summed E-state index contributed by atoms with van der Waals surface area (Å²) in [5.41, 5.74) is -1.61. The predicted molar refractivity (Wildman–Crippen MR) is 66.4 cm³/mol. The molecule has 0 aliphatic rings. The SMILES string of the molecule is O=C(O)c1cc([N+](=O)[O-])c(N(CCO)CCO)cc1F. The van der Waals surface area contributed by atoms with Gasteiger partial charge < -0.3 is 20.2 Å². The Bertz CT molecular complexity index is 516. The maximum absolute atomic E-state index is 13.6. The molecule has 8 nitrogen and oxygen atoms in total. The number of carboxylic acids is 1. The number of aliphatic hydroxyl groups excluding tert-OH is 2. The minimum absolute atomic E-state index is 0.0622. The number of rotatable bonds is 7. The van der Waals surface area contributed by atoms with E-state index in [1.807, 2.05) is 0 Å². The third-order valence-corrected chi connectivity index (χ3v) is 2.57. The second-order valence-electron chi connectivity index (χ2n) is 3.82. The summed E-state index contributed by atoms with van der Waals surface area (Å²) in [6, 6.07) is 1.33. The quantitative estimate of drug-likeness (QED) is 0.484. The summed E-state index contributed by atoms with van der Waals surface area (Å²) in [6.45, 7) is -0.848. The molecule has 1 rings (SSSR count). The van der Waals surface area contributed by atoms with Gasteiger partial charge in [-0.1, -0.05) is 0 Å². The third kappa shape index (κ3) is 3.39. The fraction of sp³-hybridized carbons (Fsp3) is 0.364. The molecule has 0 amide bonds. The van der Waals surface area contributed by atoms with Gasteiger partial charge in [0.1, 0.15) is 17.1 Å². The fourth-order valence-corrected chi connectivity index (χ4v) is 1.71. The molecule has 0 spiro atoms. The fourth-order valence-electron chi connectivity index (χ4n) is 1.71. The van der Waals surface area contributed by atoms with Crippen LogP contribution in [0.4, 0.5) is 15.8 Å². The van der Waals surface area contributed by atoms with Crippen LogP contribution in [0, 0.1) is 15.9 Å². The largest absolute Gasteiger partial charge is 0.478 e. The van der Waals surface area contributed by atoms with Gasteiger partial charge in [-0.05, 0) is 0 Å². The molecule has 0 heterocycles. The van der Waals surface area contributed by atoms with Gasteiger partial charge in [-0.3, -0.25) is 10.1 Å². The molecule has 0 aliphatic carbocycles. The molecule has 0 saturated heterocycles. The Hall–Kier alpha value is -2.26. The number of carbonyl (C=O) groups is 1. The minimum Gasteiger partial charge on any atom is -0.478 e. The van der Waals surface area contributed by atoms with E-state index in [4.69, 9.17) is 15.3 Å². The predicted octanol–water partition coefficient (Wildman–Crippen LogP) is 0.223. The standard InChI is InChI=1S/C11H13FN2O6/c12-8-6-9(13(1-3-15)2-4-16)10(14(19)20)5-7(8)11(17)18/h5-6,15-16H,1-4H2,(H,17,18). The van der Waals surface area contributed by atoms with Crippen molar-refractivity contribution in [3.05, 3.63) is 33.6 Å². The number of nitrogens with zero attached hydrogens (tertiary/aromatic N) is 2. The van der Waals surface area contributed by atoms with Crippen LogP contribution in [0.2, 0.25) is 0 Å². The number of hydrogen-bond acceptors (Lipinski definition) is 6. The van der Waals surface area contributed by atoms with Crippen LogP contribution >= 0.6 is 0 Å². The van der Waals surface area contributed by atoms with Crippen molar-refractivity contribution in [2.45, 2.75) is 0 Å². The molecule has 0 fully saturated rings. The third-order valence-electron chi connectivity index (χ3n) is 2.57. The zero-order chi connectivity index (χ0) is 15.3. The van der Waals surface area contributed by atoms with Gasteiger partial charge in [-0.25, -0.2) is 9.18 Å².